The predicted molar refractivity (Wildman–Crippen MR) is 101 cm³/mol. The summed E-state index contributed by atoms with van der Waals surface area (Å²) < 4.78 is 10.9. The lowest BCUT2D eigenvalue weighted by Gasteiger charge is -2.46. The van der Waals surface area contributed by atoms with Gasteiger partial charge in [-0.15, -0.1) is 0 Å². The third kappa shape index (κ3) is 3.69. The van der Waals surface area contributed by atoms with Crippen LogP contribution in [-0.2, 0) is 4.79 Å². The minimum atomic E-state index is -0.705. The number of unbranched alkanes of at least 4 members (excludes halogenated alkanes) is 1. The van der Waals surface area contributed by atoms with Crippen LogP contribution in [0.3, 0.4) is 0 Å². The Hall–Kier alpha value is -2.97. The SMILES string of the molecule is CCCCN1C(=O)NC(=O)C2C(c3ccc(OCC)c(OC)c3)NC(=O)NC21. The molecular formula is C19H26N4O5. The van der Waals surface area contributed by atoms with Crippen LogP contribution in [0.5, 0.6) is 11.5 Å². The first kappa shape index (κ1) is 19.8. The van der Waals surface area contributed by atoms with Gasteiger partial charge in [0.25, 0.3) is 0 Å². The number of rotatable bonds is 7. The van der Waals surface area contributed by atoms with E-state index < -0.39 is 36.1 Å². The fourth-order valence-corrected chi connectivity index (χ4v) is 3.64. The number of urea groups is 2. The van der Waals surface area contributed by atoms with Crippen molar-refractivity contribution >= 4 is 18.0 Å². The van der Waals surface area contributed by atoms with Crippen LogP contribution in [0.2, 0.25) is 0 Å². The van der Waals surface area contributed by atoms with Crippen molar-refractivity contribution in [3.05, 3.63) is 23.8 Å². The second kappa shape index (κ2) is 8.37. The van der Waals surface area contributed by atoms with E-state index in [1.54, 1.807) is 18.2 Å². The van der Waals surface area contributed by atoms with Gasteiger partial charge in [0.1, 0.15) is 12.1 Å². The quantitative estimate of drug-likeness (QED) is 0.657. The largest absolute Gasteiger partial charge is 0.493 e. The highest BCUT2D eigenvalue weighted by atomic mass is 16.5. The molecule has 0 bridgehead atoms. The van der Waals surface area contributed by atoms with Crippen molar-refractivity contribution in [2.45, 2.75) is 38.9 Å². The second-order valence-electron chi connectivity index (χ2n) is 6.75. The van der Waals surface area contributed by atoms with E-state index in [-0.39, 0.29) is 0 Å². The molecule has 1 aromatic carbocycles. The zero-order chi connectivity index (χ0) is 20.3. The molecule has 3 atom stereocenters. The van der Waals surface area contributed by atoms with Crippen LogP contribution in [0.25, 0.3) is 0 Å². The van der Waals surface area contributed by atoms with Crippen molar-refractivity contribution in [1.82, 2.24) is 20.9 Å². The minimum Gasteiger partial charge on any atom is -0.493 e. The Morgan fingerprint density at radius 2 is 1.89 bits per heavy atom. The molecule has 0 aromatic heterocycles. The Balaban J connectivity index is 1.95. The summed E-state index contributed by atoms with van der Waals surface area (Å²) in [6, 6.07) is 3.77. The van der Waals surface area contributed by atoms with Gasteiger partial charge in [-0.25, -0.2) is 9.59 Å². The van der Waals surface area contributed by atoms with Crippen molar-refractivity contribution in [2.24, 2.45) is 5.92 Å². The monoisotopic (exact) mass is 390 g/mol. The summed E-state index contributed by atoms with van der Waals surface area (Å²) in [5, 5.41) is 7.96. The highest BCUT2D eigenvalue weighted by Gasteiger charge is 2.49. The lowest BCUT2D eigenvalue weighted by atomic mass is 9.86. The van der Waals surface area contributed by atoms with Crippen LogP contribution < -0.4 is 25.4 Å². The van der Waals surface area contributed by atoms with Crippen LogP contribution >= 0.6 is 0 Å². The van der Waals surface area contributed by atoms with Gasteiger partial charge in [-0.2, -0.15) is 0 Å². The van der Waals surface area contributed by atoms with E-state index in [2.05, 4.69) is 16.0 Å². The third-order valence-corrected chi connectivity index (χ3v) is 4.99. The average molecular weight is 390 g/mol. The van der Waals surface area contributed by atoms with Crippen LogP contribution in [0.15, 0.2) is 18.2 Å². The molecule has 1 aromatic rings. The number of amides is 5. The number of benzene rings is 1. The predicted octanol–water partition coefficient (Wildman–Crippen LogP) is 1.74. The lowest BCUT2D eigenvalue weighted by Crippen LogP contribution is -2.72. The lowest BCUT2D eigenvalue weighted by molar-refractivity contribution is -0.130. The maximum absolute atomic E-state index is 12.7. The van der Waals surface area contributed by atoms with Crippen molar-refractivity contribution in [2.75, 3.05) is 20.3 Å². The molecule has 152 valence electrons. The van der Waals surface area contributed by atoms with Gasteiger partial charge in [0.15, 0.2) is 11.5 Å². The van der Waals surface area contributed by atoms with Gasteiger partial charge in [0.05, 0.1) is 19.8 Å². The van der Waals surface area contributed by atoms with E-state index in [1.165, 1.54) is 12.0 Å². The molecule has 0 saturated carbocycles. The fourth-order valence-electron chi connectivity index (χ4n) is 3.64. The molecule has 28 heavy (non-hydrogen) atoms. The van der Waals surface area contributed by atoms with Crippen molar-refractivity contribution in [3.8, 4) is 11.5 Å². The Labute approximate surface area is 163 Å². The van der Waals surface area contributed by atoms with E-state index in [0.29, 0.717) is 30.2 Å². The first-order valence-corrected chi connectivity index (χ1v) is 9.49. The zero-order valence-corrected chi connectivity index (χ0v) is 16.3. The normalized spacial score (nSPS) is 24.0. The number of fused-ring (bicyclic) bond motifs is 1. The zero-order valence-electron chi connectivity index (χ0n) is 16.3. The Kier molecular flexibility index (Phi) is 5.91. The Bertz CT molecular complexity index is 769. The topological polar surface area (TPSA) is 109 Å². The van der Waals surface area contributed by atoms with Gasteiger partial charge in [-0.1, -0.05) is 19.4 Å². The molecule has 2 fully saturated rings. The highest BCUT2D eigenvalue weighted by molar-refractivity contribution is 6.00. The minimum absolute atomic E-state index is 0.423. The number of hydrogen-bond donors (Lipinski definition) is 3. The summed E-state index contributed by atoms with van der Waals surface area (Å²) in [6.45, 7) is 4.83. The van der Waals surface area contributed by atoms with Gasteiger partial charge >= 0.3 is 12.1 Å². The van der Waals surface area contributed by atoms with Gasteiger partial charge < -0.3 is 25.0 Å². The number of imide groups is 1. The number of carbonyl (C=O) groups excluding carboxylic acids is 3. The number of carbonyl (C=O) groups is 3. The smallest absolute Gasteiger partial charge is 0.325 e. The van der Waals surface area contributed by atoms with Crippen LogP contribution in [0.1, 0.15) is 38.3 Å². The van der Waals surface area contributed by atoms with Crippen molar-refractivity contribution in [3.63, 3.8) is 0 Å². The summed E-state index contributed by atoms with van der Waals surface area (Å²) in [5.41, 5.74) is 0.699. The molecule has 2 saturated heterocycles. The molecule has 9 nitrogen and oxygen atoms in total. The third-order valence-electron chi connectivity index (χ3n) is 4.99. The van der Waals surface area contributed by atoms with Crippen molar-refractivity contribution in [1.29, 1.82) is 0 Å². The van der Waals surface area contributed by atoms with Gasteiger partial charge in [-0.3, -0.25) is 10.1 Å². The van der Waals surface area contributed by atoms with E-state index in [4.69, 9.17) is 9.47 Å². The first-order chi connectivity index (χ1) is 13.5. The molecule has 2 heterocycles. The first-order valence-electron chi connectivity index (χ1n) is 9.49. The molecule has 9 heteroatoms. The second-order valence-corrected chi connectivity index (χ2v) is 6.75. The summed E-state index contributed by atoms with van der Waals surface area (Å²) in [7, 11) is 1.53. The van der Waals surface area contributed by atoms with E-state index in [9.17, 15) is 14.4 Å². The van der Waals surface area contributed by atoms with Crippen LogP contribution in [-0.4, -0.2) is 49.3 Å². The molecule has 0 spiro atoms. The van der Waals surface area contributed by atoms with Crippen LogP contribution in [0.4, 0.5) is 9.59 Å². The number of ether oxygens (including phenoxy) is 2. The molecule has 3 unspecified atom stereocenters. The number of nitrogens with zero attached hydrogens (tertiary/aromatic N) is 1. The summed E-state index contributed by atoms with van der Waals surface area (Å²) in [6.07, 6.45) is 0.959. The number of hydrogen-bond acceptors (Lipinski definition) is 5. The number of nitrogens with one attached hydrogen (secondary N) is 3. The summed E-state index contributed by atoms with van der Waals surface area (Å²) >= 11 is 0. The summed E-state index contributed by atoms with van der Waals surface area (Å²) in [5.74, 6) is 0.000210. The molecular weight excluding hydrogens is 364 g/mol. The molecule has 3 rings (SSSR count). The van der Waals surface area contributed by atoms with Crippen LogP contribution in [0, 0.1) is 5.92 Å². The van der Waals surface area contributed by atoms with E-state index >= 15 is 0 Å². The molecule has 0 aliphatic carbocycles. The molecule has 0 radical (unpaired) electrons. The van der Waals surface area contributed by atoms with E-state index in [0.717, 1.165) is 12.8 Å². The van der Waals surface area contributed by atoms with Gasteiger partial charge in [-0.05, 0) is 31.0 Å². The standard InChI is InChI=1S/C19H26N4O5/c1-4-6-9-23-16-14(17(24)22-19(23)26)15(20-18(25)21-16)11-7-8-12(28-5-2)13(10-11)27-3/h7-8,10,14-16H,4-6,9H2,1-3H3,(H2,20,21,25)(H,22,24,26). The molecule has 2 aliphatic heterocycles. The Morgan fingerprint density at radius 3 is 2.57 bits per heavy atom. The van der Waals surface area contributed by atoms with Gasteiger partial charge in [0.2, 0.25) is 5.91 Å². The molecule has 5 amide bonds. The Morgan fingerprint density at radius 1 is 1.11 bits per heavy atom. The van der Waals surface area contributed by atoms with E-state index in [1.807, 2.05) is 13.8 Å². The highest BCUT2D eigenvalue weighted by Crippen LogP contribution is 2.36. The number of methoxy groups -OCH3 is 1. The van der Waals surface area contributed by atoms with Gasteiger partial charge in [0, 0.05) is 6.54 Å². The fraction of sp³-hybridized carbons (Fsp3) is 0.526. The summed E-state index contributed by atoms with van der Waals surface area (Å²) in [4.78, 5) is 38.8. The average Bonchev–Trinajstić information content (AvgIpc) is 2.67. The van der Waals surface area contributed by atoms with Crippen molar-refractivity contribution < 1.29 is 23.9 Å². The molecule has 2 aliphatic rings. The maximum Gasteiger partial charge on any atom is 0.325 e. The molecule has 3 N–H and O–H groups in total. The maximum atomic E-state index is 12.7.